The lowest BCUT2D eigenvalue weighted by Crippen LogP contribution is -2.49. The second kappa shape index (κ2) is 12.8. The Labute approximate surface area is 249 Å². The first-order chi connectivity index (χ1) is 20.1. The fourth-order valence-electron chi connectivity index (χ4n) is 5.45. The lowest BCUT2D eigenvalue weighted by molar-refractivity contribution is -0.384. The van der Waals surface area contributed by atoms with Gasteiger partial charge in [-0.1, -0.05) is 23.7 Å². The highest BCUT2D eigenvalue weighted by molar-refractivity contribution is 7.70. The maximum absolute atomic E-state index is 12.8. The molecule has 5 rings (SSSR count). The number of hydrogen-bond acceptors (Lipinski definition) is 11. The zero-order valence-electron chi connectivity index (χ0n) is 23.9. The maximum Gasteiger partial charge on any atom is 0.294 e. The Morgan fingerprint density at radius 3 is 2.48 bits per heavy atom. The number of benzene rings is 2. The number of nitrogens with zero attached hydrogens (tertiary/aromatic N) is 5. The van der Waals surface area contributed by atoms with Crippen LogP contribution in [0.25, 0.3) is 0 Å². The van der Waals surface area contributed by atoms with Crippen molar-refractivity contribution in [2.45, 2.75) is 18.9 Å². The average molecular weight is 616 g/mol. The first kappa shape index (κ1) is 30.0. The summed E-state index contributed by atoms with van der Waals surface area (Å²) >= 11 is 6.39. The monoisotopic (exact) mass is 615 g/mol. The first-order valence-corrected chi connectivity index (χ1v) is 16.8. The van der Waals surface area contributed by atoms with Gasteiger partial charge in [0.05, 0.1) is 42.8 Å². The Bertz CT molecular complexity index is 1490. The maximum atomic E-state index is 12.8. The van der Waals surface area contributed by atoms with Crippen LogP contribution in [0.2, 0.25) is 5.02 Å². The smallest absolute Gasteiger partial charge is 0.294 e. The highest BCUT2D eigenvalue weighted by Crippen LogP contribution is 2.41. The minimum Gasteiger partial charge on any atom is -0.494 e. The van der Waals surface area contributed by atoms with E-state index in [0.717, 1.165) is 39.1 Å². The molecule has 0 radical (unpaired) electrons. The Kier molecular flexibility index (Phi) is 9.17. The number of hydrogen-bond donors (Lipinski definition) is 2. The van der Waals surface area contributed by atoms with Gasteiger partial charge in [-0.15, -0.1) is 0 Å². The number of halogens is 1. The SMILES string of the molecule is COc1cc(N2CCC(N3CCOCC3)CC2)c([N+](=O)[O-])cc1Nc1ncc(Cl)c(Nc2ccccc2P(C)(C)=O)n1. The van der Waals surface area contributed by atoms with E-state index in [1.807, 2.05) is 12.1 Å². The number of rotatable bonds is 9. The second-order valence-electron chi connectivity index (χ2n) is 10.7. The molecule has 3 aromatic rings. The van der Waals surface area contributed by atoms with Crippen LogP contribution in [-0.2, 0) is 9.30 Å². The number of para-hydroxylation sites is 1. The van der Waals surface area contributed by atoms with Gasteiger partial charge in [-0.05, 0) is 38.3 Å². The summed E-state index contributed by atoms with van der Waals surface area (Å²) in [5, 5.41) is 19.3. The van der Waals surface area contributed by atoms with Gasteiger partial charge in [0, 0.05) is 49.7 Å². The van der Waals surface area contributed by atoms with Gasteiger partial charge in [-0.2, -0.15) is 4.98 Å². The van der Waals surface area contributed by atoms with Crippen LogP contribution in [0.15, 0.2) is 42.6 Å². The van der Waals surface area contributed by atoms with Crippen LogP contribution < -0.4 is 25.6 Å². The Hall–Kier alpha value is -3.44. The Morgan fingerprint density at radius 1 is 1.10 bits per heavy atom. The predicted molar refractivity (Wildman–Crippen MR) is 166 cm³/mol. The molecule has 0 spiro atoms. The van der Waals surface area contributed by atoms with Crippen molar-refractivity contribution in [2.75, 3.05) is 75.4 Å². The molecule has 224 valence electrons. The van der Waals surface area contributed by atoms with E-state index >= 15 is 0 Å². The van der Waals surface area contributed by atoms with Crippen molar-refractivity contribution in [1.82, 2.24) is 14.9 Å². The molecule has 0 bridgehead atoms. The van der Waals surface area contributed by atoms with Crippen LogP contribution >= 0.6 is 18.7 Å². The highest BCUT2D eigenvalue weighted by Gasteiger charge is 2.30. The third kappa shape index (κ3) is 6.78. The summed E-state index contributed by atoms with van der Waals surface area (Å²) in [4.78, 5) is 25.1. The van der Waals surface area contributed by atoms with Gasteiger partial charge in [0.15, 0.2) is 5.82 Å². The molecule has 2 aliphatic heterocycles. The predicted octanol–water partition coefficient (Wildman–Crippen LogP) is 5.08. The van der Waals surface area contributed by atoms with Crippen molar-refractivity contribution in [3.8, 4) is 5.75 Å². The highest BCUT2D eigenvalue weighted by atomic mass is 35.5. The third-order valence-corrected chi connectivity index (χ3v) is 9.42. The number of morpholine rings is 1. The van der Waals surface area contributed by atoms with E-state index in [1.165, 1.54) is 19.4 Å². The topological polar surface area (TPSA) is 135 Å². The summed E-state index contributed by atoms with van der Waals surface area (Å²) in [6.45, 7) is 8.14. The normalized spacial score (nSPS) is 16.7. The minimum atomic E-state index is -2.58. The fraction of sp³-hybridized carbons (Fsp3) is 0.429. The van der Waals surface area contributed by atoms with Gasteiger partial charge in [-0.3, -0.25) is 15.0 Å². The van der Waals surface area contributed by atoms with Crippen molar-refractivity contribution in [2.24, 2.45) is 0 Å². The van der Waals surface area contributed by atoms with E-state index in [0.29, 0.717) is 53.1 Å². The number of nitro benzene ring substituents is 1. The quantitative estimate of drug-likeness (QED) is 0.189. The molecule has 3 heterocycles. The number of nitro groups is 1. The molecular weight excluding hydrogens is 581 g/mol. The molecule has 2 fully saturated rings. The van der Waals surface area contributed by atoms with Crippen molar-refractivity contribution in [3.63, 3.8) is 0 Å². The molecule has 2 N–H and O–H groups in total. The van der Waals surface area contributed by atoms with Gasteiger partial charge in [0.1, 0.15) is 23.6 Å². The summed E-state index contributed by atoms with van der Waals surface area (Å²) in [6, 6.07) is 10.8. The van der Waals surface area contributed by atoms with Crippen LogP contribution in [0.5, 0.6) is 5.75 Å². The molecule has 0 unspecified atom stereocenters. The lowest BCUT2D eigenvalue weighted by Gasteiger charge is -2.40. The first-order valence-electron chi connectivity index (χ1n) is 13.8. The van der Waals surface area contributed by atoms with Crippen molar-refractivity contribution in [3.05, 3.63) is 57.7 Å². The minimum absolute atomic E-state index is 0.0361. The van der Waals surface area contributed by atoms with Crippen LogP contribution in [-0.4, -0.2) is 85.7 Å². The van der Waals surface area contributed by atoms with E-state index in [4.69, 9.17) is 21.1 Å². The van der Waals surface area contributed by atoms with Gasteiger partial charge in [-0.25, -0.2) is 4.98 Å². The standard InChI is InChI=1S/C28H35ClN7O5P/c1-40-25-17-23(35-10-8-19(9-11-35)34-12-14-41-15-13-34)24(36(37)38)16-22(25)32-28-30-18-20(29)27(33-28)31-21-6-4-5-7-26(21)42(2,3)39/h4-7,16-19H,8-15H2,1-3H3,(H2,30,31,32,33). The van der Waals surface area contributed by atoms with Gasteiger partial charge in [0.2, 0.25) is 5.95 Å². The van der Waals surface area contributed by atoms with E-state index in [1.54, 1.807) is 31.5 Å². The summed E-state index contributed by atoms with van der Waals surface area (Å²) in [5.41, 5.74) is 1.44. The zero-order valence-corrected chi connectivity index (χ0v) is 25.5. The largest absolute Gasteiger partial charge is 0.494 e. The van der Waals surface area contributed by atoms with Gasteiger partial charge in [0.25, 0.3) is 5.69 Å². The molecule has 2 aromatic carbocycles. The summed E-state index contributed by atoms with van der Waals surface area (Å²) in [6.07, 6.45) is 3.26. The van der Waals surface area contributed by atoms with Crippen LogP contribution in [0.3, 0.4) is 0 Å². The van der Waals surface area contributed by atoms with E-state index in [2.05, 4.69) is 30.4 Å². The zero-order chi connectivity index (χ0) is 29.9. The van der Waals surface area contributed by atoms with Crippen molar-refractivity contribution >= 4 is 58.6 Å². The van der Waals surface area contributed by atoms with E-state index < -0.39 is 7.14 Å². The molecular formula is C28H35ClN7O5P. The number of piperidine rings is 1. The molecule has 1 aromatic heterocycles. The molecule has 2 saturated heterocycles. The van der Waals surface area contributed by atoms with E-state index in [9.17, 15) is 14.7 Å². The molecule has 0 aliphatic carbocycles. The van der Waals surface area contributed by atoms with E-state index in [-0.39, 0.29) is 21.6 Å². The molecule has 0 atom stereocenters. The average Bonchev–Trinajstić information content (AvgIpc) is 2.99. The van der Waals surface area contributed by atoms with Crippen LogP contribution in [0.4, 0.5) is 34.5 Å². The third-order valence-electron chi connectivity index (χ3n) is 7.59. The van der Waals surface area contributed by atoms with Gasteiger partial charge >= 0.3 is 0 Å². The molecule has 0 saturated carbocycles. The number of aromatic nitrogens is 2. The molecule has 0 amide bonds. The number of methoxy groups -OCH3 is 1. The molecule has 42 heavy (non-hydrogen) atoms. The van der Waals surface area contributed by atoms with Crippen molar-refractivity contribution < 1.29 is 19.0 Å². The number of nitrogens with one attached hydrogen (secondary N) is 2. The van der Waals surface area contributed by atoms with Gasteiger partial charge < -0.3 is 29.6 Å². The Morgan fingerprint density at radius 2 is 1.81 bits per heavy atom. The summed E-state index contributed by atoms with van der Waals surface area (Å²) in [7, 11) is -1.07. The Balaban J connectivity index is 1.38. The molecule has 2 aliphatic rings. The summed E-state index contributed by atoms with van der Waals surface area (Å²) in [5.74, 6) is 0.868. The fourth-order valence-corrected chi connectivity index (χ4v) is 6.74. The van der Waals surface area contributed by atoms with Crippen molar-refractivity contribution in [1.29, 1.82) is 0 Å². The van der Waals surface area contributed by atoms with Crippen LogP contribution in [0.1, 0.15) is 12.8 Å². The molecule has 12 nitrogen and oxygen atoms in total. The second-order valence-corrected chi connectivity index (χ2v) is 14.3. The summed E-state index contributed by atoms with van der Waals surface area (Å²) < 4.78 is 23.9. The number of anilines is 5. The van der Waals surface area contributed by atoms with Crippen LogP contribution in [0, 0.1) is 10.1 Å². The number of ether oxygens (including phenoxy) is 2. The lowest BCUT2D eigenvalue weighted by atomic mass is 10.0. The molecule has 14 heteroatoms.